The van der Waals surface area contributed by atoms with Crippen molar-refractivity contribution in [2.75, 3.05) is 7.11 Å². The summed E-state index contributed by atoms with van der Waals surface area (Å²) in [5, 5.41) is 2.06. The fraction of sp³-hybridized carbons (Fsp3) is 0.125. The summed E-state index contributed by atoms with van der Waals surface area (Å²) in [4.78, 5) is 0. The highest BCUT2D eigenvalue weighted by Gasteiger charge is 2.19. The van der Waals surface area contributed by atoms with Crippen LogP contribution in [0, 0.1) is 0 Å². The molecule has 3 nitrogen and oxygen atoms in total. The van der Waals surface area contributed by atoms with Gasteiger partial charge in [-0.25, -0.2) is 0 Å². The highest BCUT2D eigenvalue weighted by atomic mass is 35.5. The molecule has 0 spiro atoms. The second-order valence-electron chi connectivity index (χ2n) is 4.67. The van der Waals surface area contributed by atoms with Crippen molar-refractivity contribution in [2.24, 2.45) is 5.73 Å². The summed E-state index contributed by atoms with van der Waals surface area (Å²) >= 11 is 12.2. The van der Waals surface area contributed by atoms with Crippen molar-refractivity contribution < 1.29 is 9.15 Å². The smallest absolute Gasteiger partial charge is 0.152 e. The maximum absolute atomic E-state index is 6.30. The molecule has 6 heteroatoms. The number of ether oxygens (including phenoxy) is 1. The lowest BCUT2D eigenvalue weighted by Gasteiger charge is -2.14. The zero-order valence-corrected chi connectivity index (χ0v) is 14.0. The summed E-state index contributed by atoms with van der Waals surface area (Å²) in [7, 11) is 1.59. The number of halogens is 3. The summed E-state index contributed by atoms with van der Waals surface area (Å²) in [6.45, 7) is 0. The number of fused-ring (bicyclic) bond motifs is 1. The number of hydrogen-bond donors (Lipinski definition) is 1. The molecule has 0 amide bonds. The third-order valence-corrected chi connectivity index (χ3v) is 3.88. The number of methoxy groups -OCH3 is 1. The first-order valence-corrected chi connectivity index (χ1v) is 7.12. The third-order valence-electron chi connectivity index (χ3n) is 3.35. The maximum atomic E-state index is 6.30. The molecule has 116 valence electrons. The van der Waals surface area contributed by atoms with Crippen LogP contribution in [-0.4, -0.2) is 7.11 Å². The van der Waals surface area contributed by atoms with Gasteiger partial charge in [-0.3, -0.25) is 0 Å². The first-order valence-electron chi connectivity index (χ1n) is 6.37. The molecule has 1 heterocycles. The predicted molar refractivity (Wildman–Crippen MR) is 92.5 cm³/mol. The molecule has 2 N–H and O–H groups in total. The van der Waals surface area contributed by atoms with Gasteiger partial charge in [0, 0.05) is 16.0 Å². The molecular weight excluding hydrogens is 345 g/mol. The minimum atomic E-state index is -0.484. The average molecular weight is 359 g/mol. The van der Waals surface area contributed by atoms with Crippen molar-refractivity contribution in [1.29, 1.82) is 0 Å². The van der Waals surface area contributed by atoms with Crippen LogP contribution >= 0.6 is 35.6 Å². The van der Waals surface area contributed by atoms with E-state index in [1.54, 1.807) is 31.4 Å². The van der Waals surface area contributed by atoms with Gasteiger partial charge in [-0.1, -0.05) is 35.3 Å². The van der Waals surface area contributed by atoms with E-state index in [2.05, 4.69) is 0 Å². The summed E-state index contributed by atoms with van der Waals surface area (Å²) in [5.74, 6) is 1.28. The van der Waals surface area contributed by atoms with Crippen molar-refractivity contribution in [3.05, 3.63) is 63.8 Å². The van der Waals surface area contributed by atoms with Crippen LogP contribution in [0.5, 0.6) is 5.75 Å². The number of nitrogens with two attached hydrogens (primary N) is 1. The number of hydrogen-bond acceptors (Lipinski definition) is 3. The van der Waals surface area contributed by atoms with Crippen LogP contribution in [0.4, 0.5) is 0 Å². The normalized spacial score (nSPS) is 12.0. The van der Waals surface area contributed by atoms with Gasteiger partial charge in [0.2, 0.25) is 0 Å². The first-order chi connectivity index (χ1) is 10.1. The van der Waals surface area contributed by atoms with Gasteiger partial charge in [-0.15, -0.1) is 12.4 Å². The van der Waals surface area contributed by atoms with E-state index >= 15 is 0 Å². The van der Waals surface area contributed by atoms with Crippen molar-refractivity contribution in [1.82, 2.24) is 0 Å². The monoisotopic (exact) mass is 357 g/mol. The van der Waals surface area contributed by atoms with Crippen LogP contribution in [0.3, 0.4) is 0 Å². The minimum Gasteiger partial charge on any atom is -0.496 e. The van der Waals surface area contributed by atoms with E-state index in [-0.39, 0.29) is 12.4 Å². The predicted octanol–water partition coefficient (Wildman–Crippen LogP) is 5.22. The Kier molecular flexibility index (Phi) is 5.24. The maximum Gasteiger partial charge on any atom is 0.152 e. The molecule has 0 saturated heterocycles. The second kappa shape index (κ2) is 6.80. The highest BCUT2D eigenvalue weighted by molar-refractivity contribution is 6.34. The Morgan fingerprint density at radius 3 is 2.59 bits per heavy atom. The van der Waals surface area contributed by atoms with E-state index in [1.165, 1.54) is 0 Å². The fourth-order valence-corrected chi connectivity index (χ4v) is 2.70. The van der Waals surface area contributed by atoms with Gasteiger partial charge in [0.1, 0.15) is 11.5 Å². The molecule has 22 heavy (non-hydrogen) atoms. The quantitative estimate of drug-likeness (QED) is 0.698. The summed E-state index contributed by atoms with van der Waals surface area (Å²) in [5.41, 5.74) is 7.69. The van der Waals surface area contributed by atoms with Crippen molar-refractivity contribution in [2.45, 2.75) is 6.04 Å². The van der Waals surface area contributed by atoms with Crippen LogP contribution in [0.2, 0.25) is 10.0 Å². The van der Waals surface area contributed by atoms with Crippen LogP contribution in [0.1, 0.15) is 17.4 Å². The van der Waals surface area contributed by atoms with Gasteiger partial charge < -0.3 is 14.9 Å². The van der Waals surface area contributed by atoms with Gasteiger partial charge in [0.25, 0.3) is 0 Å². The molecule has 1 atom stereocenters. The number of rotatable bonds is 3. The van der Waals surface area contributed by atoms with Gasteiger partial charge in [-0.2, -0.15) is 0 Å². The van der Waals surface area contributed by atoms with Gasteiger partial charge in [0.15, 0.2) is 5.58 Å². The summed E-state index contributed by atoms with van der Waals surface area (Å²) < 4.78 is 11.1. The van der Waals surface area contributed by atoms with Gasteiger partial charge >= 0.3 is 0 Å². The molecule has 0 fully saturated rings. The van der Waals surface area contributed by atoms with Crippen LogP contribution in [0.25, 0.3) is 11.0 Å². The van der Waals surface area contributed by atoms with Crippen molar-refractivity contribution >= 4 is 46.6 Å². The largest absolute Gasteiger partial charge is 0.496 e. The van der Waals surface area contributed by atoms with Crippen LogP contribution in [0.15, 0.2) is 46.9 Å². The average Bonchev–Trinajstić information content (AvgIpc) is 2.92. The van der Waals surface area contributed by atoms with Crippen molar-refractivity contribution in [3.8, 4) is 5.75 Å². The number of furan rings is 1. The number of benzene rings is 2. The molecule has 0 bridgehead atoms. The molecule has 0 aliphatic carbocycles. The van der Waals surface area contributed by atoms with E-state index in [4.69, 9.17) is 38.1 Å². The molecule has 1 aromatic heterocycles. The van der Waals surface area contributed by atoms with Gasteiger partial charge in [-0.05, 0) is 30.3 Å². The lowest BCUT2D eigenvalue weighted by atomic mass is 10.0. The topological polar surface area (TPSA) is 48.4 Å². The Labute approximate surface area is 144 Å². The zero-order valence-electron chi connectivity index (χ0n) is 11.7. The zero-order chi connectivity index (χ0) is 15.0. The molecule has 2 aromatic carbocycles. The Morgan fingerprint density at radius 1 is 1.14 bits per heavy atom. The van der Waals surface area contributed by atoms with E-state index < -0.39 is 6.04 Å². The summed E-state index contributed by atoms with van der Waals surface area (Å²) in [6, 6.07) is 12.3. The molecular formula is C16H14Cl3NO2. The van der Waals surface area contributed by atoms with Crippen molar-refractivity contribution in [3.63, 3.8) is 0 Å². The fourth-order valence-electron chi connectivity index (χ4n) is 2.30. The van der Waals surface area contributed by atoms with E-state index in [0.29, 0.717) is 27.1 Å². The molecule has 0 aliphatic heterocycles. The SMILES string of the molecule is COc1ccc(Cl)cc1C(N)c1cc2cccc(Cl)c2o1.Cl. The van der Waals surface area contributed by atoms with E-state index in [9.17, 15) is 0 Å². The van der Waals surface area contributed by atoms with Crippen LogP contribution < -0.4 is 10.5 Å². The Bertz CT molecular complexity index is 801. The standard InChI is InChI=1S/C16H13Cl2NO2.ClH/c1-20-13-6-5-10(17)8-11(13)15(19)14-7-9-3-2-4-12(18)16(9)21-14;/h2-8,15H,19H2,1H3;1H. The second-order valence-corrected chi connectivity index (χ2v) is 5.51. The molecule has 1 unspecified atom stereocenters. The van der Waals surface area contributed by atoms with E-state index in [0.717, 1.165) is 10.9 Å². The lowest BCUT2D eigenvalue weighted by molar-refractivity contribution is 0.404. The highest BCUT2D eigenvalue weighted by Crippen LogP contribution is 2.35. The molecule has 0 aliphatic rings. The third kappa shape index (κ3) is 3.03. The Morgan fingerprint density at radius 2 is 1.91 bits per heavy atom. The summed E-state index contributed by atoms with van der Waals surface area (Å²) in [6.07, 6.45) is 0. The first kappa shape index (κ1) is 17.0. The lowest BCUT2D eigenvalue weighted by Crippen LogP contribution is -2.12. The molecule has 3 rings (SSSR count). The molecule has 3 aromatic rings. The number of para-hydroxylation sites is 1. The molecule has 0 radical (unpaired) electrons. The Balaban J connectivity index is 0.00000176. The minimum absolute atomic E-state index is 0. The Hall–Kier alpha value is -1.39. The van der Waals surface area contributed by atoms with Gasteiger partial charge in [0.05, 0.1) is 18.2 Å². The van der Waals surface area contributed by atoms with Crippen LogP contribution in [-0.2, 0) is 0 Å². The van der Waals surface area contributed by atoms with E-state index in [1.807, 2.05) is 18.2 Å². The molecule has 0 saturated carbocycles.